The van der Waals surface area contributed by atoms with E-state index in [1.54, 1.807) is 16.7 Å². The van der Waals surface area contributed by atoms with Crippen LogP contribution in [0.3, 0.4) is 0 Å². The van der Waals surface area contributed by atoms with Gasteiger partial charge >= 0.3 is 6.61 Å². The van der Waals surface area contributed by atoms with E-state index in [1.165, 1.54) is 6.07 Å². The van der Waals surface area contributed by atoms with Gasteiger partial charge in [0.15, 0.2) is 17.2 Å². The van der Waals surface area contributed by atoms with Crippen LogP contribution in [0, 0.1) is 11.3 Å². The third-order valence-electron chi connectivity index (χ3n) is 4.29. The number of ether oxygens (including phenoxy) is 1. The first-order chi connectivity index (χ1) is 10.3. The Balaban J connectivity index is 2.12. The van der Waals surface area contributed by atoms with Gasteiger partial charge in [-0.3, -0.25) is 4.79 Å². The molecule has 0 saturated heterocycles. The summed E-state index contributed by atoms with van der Waals surface area (Å²) >= 11 is 0. The number of aromatic nitrogens is 2. The molecule has 0 saturated carbocycles. The van der Waals surface area contributed by atoms with Gasteiger partial charge < -0.3 is 9.14 Å². The molecule has 0 N–H and O–H groups in total. The molecule has 2 aromatic heterocycles. The minimum Gasteiger partial charge on any atom is -0.431 e. The minimum absolute atomic E-state index is 0.00537. The summed E-state index contributed by atoms with van der Waals surface area (Å²) in [5.41, 5.74) is 1.43. The van der Waals surface area contributed by atoms with Crippen LogP contribution in [0.1, 0.15) is 43.4 Å². The number of Topliss-reactive ketones (excluding diaryl/α,β-unsaturated/α-hetero) is 1. The second kappa shape index (κ2) is 5.04. The van der Waals surface area contributed by atoms with E-state index in [1.807, 2.05) is 0 Å². The van der Waals surface area contributed by atoms with Gasteiger partial charge in [-0.05, 0) is 29.9 Å². The molecule has 2 aromatic rings. The number of ketones is 1. The number of rotatable bonds is 2. The summed E-state index contributed by atoms with van der Waals surface area (Å²) in [4.78, 5) is 16.6. The molecule has 1 aliphatic carbocycles. The Morgan fingerprint density at radius 3 is 2.73 bits per heavy atom. The lowest BCUT2D eigenvalue weighted by Gasteiger charge is -2.32. The van der Waals surface area contributed by atoms with Crippen LogP contribution in [0.25, 0.3) is 5.65 Å². The lowest BCUT2D eigenvalue weighted by Crippen LogP contribution is -2.30. The molecule has 22 heavy (non-hydrogen) atoms. The summed E-state index contributed by atoms with van der Waals surface area (Å²) in [6, 6.07) is 3.06. The molecule has 1 unspecified atom stereocenters. The highest BCUT2D eigenvalue weighted by atomic mass is 19.3. The lowest BCUT2D eigenvalue weighted by atomic mass is 9.72. The highest BCUT2D eigenvalue weighted by Gasteiger charge is 2.36. The Morgan fingerprint density at radius 1 is 1.36 bits per heavy atom. The first-order valence-corrected chi connectivity index (χ1v) is 7.25. The molecule has 3 rings (SSSR count). The molecule has 0 aliphatic heterocycles. The highest BCUT2D eigenvalue weighted by molar-refractivity contribution is 5.97. The van der Waals surface area contributed by atoms with E-state index in [0.717, 1.165) is 5.69 Å². The van der Waals surface area contributed by atoms with Gasteiger partial charge in [-0.1, -0.05) is 20.8 Å². The number of alkyl halides is 2. The maximum atomic E-state index is 12.5. The summed E-state index contributed by atoms with van der Waals surface area (Å²) in [7, 11) is 0. The van der Waals surface area contributed by atoms with Crippen LogP contribution >= 0.6 is 0 Å². The van der Waals surface area contributed by atoms with E-state index in [0.29, 0.717) is 18.5 Å². The van der Waals surface area contributed by atoms with Gasteiger partial charge in [0.25, 0.3) is 0 Å². The Morgan fingerprint density at radius 2 is 2.09 bits per heavy atom. The zero-order chi connectivity index (χ0) is 16.1. The van der Waals surface area contributed by atoms with Crippen LogP contribution in [0.2, 0.25) is 0 Å². The summed E-state index contributed by atoms with van der Waals surface area (Å²) in [6.07, 6.45) is 2.87. The van der Waals surface area contributed by atoms with E-state index in [9.17, 15) is 13.6 Å². The molecule has 1 atom stereocenters. The molecular weight excluding hydrogens is 290 g/mol. The monoisotopic (exact) mass is 308 g/mol. The highest BCUT2D eigenvalue weighted by Crippen LogP contribution is 2.38. The summed E-state index contributed by atoms with van der Waals surface area (Å²) in [6.45, 7) is 3.39. The first kappa shape index (κ1) is 14.9. The fraction of sp³-hybridized carbons (Fsp3) is 0.500. The summed E-state index contributed by atoms with van der Waals surface area (Å²) < 4.78 is 31.2. The molecule has 0 aromatic carbocycles. The van der Waals surface area contributed by atoms with E-state index in [4.69, 9.17) is 0 Å². The zero-order valence-corrected chi connectivity index (χ0v) is 12.8. The van der Waals surface area contributed by atoms with Gasteiger partial charge in [-0.15, -0.1) is 0 Å². The van der Waals surface area contributed by atoms with E-state index >= 15 is 0 Å². The number of fused-ring (bicyclic) bond motifs is 3. The van der Waals surface area contributed by atoms with Crippen molar-refractivity contribution in [1.29, 1.82) is 0 Å². The van der Waals surface area contributed by atoms with Crippen molar-refractivity contribution < 1.29 is 18.3 Å². The SMILES string of the molecule is CC(C)(C)C1CC(=O)c2nc3c(OC(F)F)cccn3c2C1. The van der Waals surface area contributed by atoms with Crippen LogP contribution in [0.5, 0.6) is 5.75 Å². The van der Waals surface area contributed by atoms with Crippen LogP contribution in [0.4, 0.5) is 8.78 Å². The average molecular weight is 308 g/mol. The summed E-state index contributed by atoms with van der Waals surface area (Å²) in [5.74, 6) is 0.159. The maximum Gasteiger partial charge on any atom is 0.387 e. The topological polar surface area (TPSA) is 43.6 Å². The van der Waals surface area contributed by atoms with Gasteiger partial charge in [0.2, 0.25) is 0 Å². The maximum absolute atomic E-state index is 12.5. The third kappa shape index (κ3) is 2.46. The standard InChI is InChI=1S/C16H18F2N2O2/c1-16(2,3)9-7-10-13(11(21)8-9)19-14-12(22-15(17)18)5-4-6-20(10)14/h4-6,9,15H,7-8H2,1-3H3. The molecule has 118 valence electrons. The van der Waals surface area contributed by atoms with Crippen molar-refractivity contribution in [2.75, 3.05) is 0 Å². The molecule has 0 bridgehead atoms. The number of hydrogen-bond donors (Lipinski definition) is 0. The second-order valence-electron chi connectivity index (χ2n) is 6.75. The fourth-order valence-corrected chi connectivity index (χ4v) is 2.94. The van der Waals surface area contributed by atoms with Gasteiger partial charge in [0.05, 0.1) is 5.69 Å². The Bertz CT molecular complexity index is 732. The molecule has 2 heterocycles. The van der Waals surface area contributed by atoms with Crippen LogP contribution < -0.4 is 4.74 Å². The molecular formula is C16H18F2N2O2. The van der Waals surface area contributed by atoms with Crippen molar-refractivity contribution in [2.24, 2.45) is 11.3 Å². The van der Waals surface area contributed by atoms with Crippen LogP contribution in [-0.4, -0.2) is 21.8 Å². The Kier molecular flexibility index (Phi) is 3.42. The van der Waals surface area contributed by atoms with E-state index in [-0.39, 0.29) is 28.5 Å². The molecule has 1 aliphatic rings. The van der Waals surface area contributed by atoms with Crippen molar-refractivity contribution in [3.8, 4) is 5.75 Å². The first-order valence-electron chi connectivity index (χ1n) is 7.25. The average Bonchev–Trinajstić information content (AvgIpc) is 2.78. The Labute approximate surface area is 127 Å². The molecule has 0 radical (unpaired) electrons. The number of pyridine rings is 1. The van der Waals surface area contributed by atoms with Gasteiger partial charge in [0, 0.05) is 12.6 Å². The number of imidazole rings is 1. The minimum atomic E-state index is -2.92. The van der Waals surface area contributed by atoms with Gasteiger partial charge in [-0.25, -0.2) is 4.98 Å². The van der Waals surface area contributed by atoms with Crippen molar-refractivity contribution in [3.63, 3.8) is 0 Å². The van der Waals surface area contributed by atoms with Crippen LogP contribution in [0.15, 0.2) is 18.3 Å². The predicted molar refractivity (Wildman–Crippen MR) is 77.4 cm³/mol. The molecule has 0 fully saturated rings. The fourth-order valence-electron chi connectivity index (χ4n) is 2.94. The molecule has 0 amide bonds. The van der Waals surface area contributed by atoms with Gasteiger partial charge in [0.1, 0.15) is 5.69 Å². The quantitative estimate of drug-likeness (QED) is 0.849. The predicted octanol–water partition coefficient (Wildman–Crippen LogP) is 3.73. The Hall–Kier alpha value is -1.98. The normalized spacial score (nSPS) is 18.8. The molecule has 6 heteroatoms. The third-order valence-corrected chi connectivity index (χ3v) is 4.29. The largest absolute Gasteiger partial charge is 0.431 e. The number of halogens is 2. The van der Waals surface area contributed by atoms with E-state index < -0.39 is 6.61 Å². The second-order valence-corrected chi connectivity index (χ2v) is 6.75. The van der Waals surface area contributed by atoms with Crippen molar-refractivity contribution in [2.45, 2.75) is 40.2 Å². The van der Waals surface area contributed by atoms with Crippen molar-refractivity contribution >= 4 is 11.4 Å². The smallest absolute Gasteiger partial charge is 0.387 e. The number of nitrogens with zero attached hydrogens (tertiary/aromatic N) is 2. The number of carbonyl (C=O) groups is 1. The molecule has 0 spiro atoms. The summed E-state index contributed by atoms with van der Waals surface area (Å²) in [5, 5.41) is 0. The van der Waals surface area contributed by atoms with Crippen LogP contribution in [-0.2, 0) is 6.42 Å². The van der Waals surface area contributed by atoms with Gasteiger partial charge in [-0.2, -0.15) is 8.78 Å². The lowest BCUT2D eigenvalue weighted by molar-refractivity contribution is -0.0491. The number of carbonyl (C=O) groups excluding carboxylic acids is 1. The zero-order valence-electron chi connectivity index (χ0n) is 12.8. The van der Waals surface area contributed by atoms with Crippen molar-refractivity contribution in [3.05, 3.63) is 29.7 Å². The van der Waals surface area contributed by atoms with Crippen molar-refractivity contribution in [1.82, 2.24) is 9.38 Å². The number of hydrogen-bond acceptors (Lipinski definition) is 3. The van der Waals surface area contributed by atoms with E-state index in [2.05, 4.69) is 30.5 Å². The molecule has 4 nitrogen and oxygen atoms in total.